The van der Waals surface area contributed by atoms with E-state index in [1.54, 1.807) is 19.1 Å². The zero-order valence-corrected chi connectivity index (χ0v) is 14.8. The van der Waals surface area contributed by atoms with E-state index in [4.69, 9.17) is 0 Å². The molecule has 0 aliphatic heterocycles. The van der Waals surface area contributed by atoms with E-state index in [9.17, 15) is 9.59 Å². The van der Waals surface area contributed by atoms with Crippen LogP contribution in [-0.2, 0) is 9.59 Å². The van der Waals surface area contributed by atoms with Crippen LogP contribution in [0.1, 0.15) is 38.6 Å². The predicted octanol–water partition coefficient (Wildman–Crippen LogP) is 2.85. The Balaban J connectivity index is 1.33. The number of carbonyl (C=O) groups is 2. The Labute approximate surface area is 152 Å². The molecule has 4 unspecified atom stereocenters. The average molecular weight is 353 g/mol. The van der Waals surface area contributed by atoms with E-state index in [1.165, 1.54) is 36.6 Å². The van der Waals surface area contributed by atoms with Crippen molar-refractivity contribution in [2.24, 2.45) is 17.8 Å². The summed E-state index contributed by atoms with van der Waals surface area (Å²) in [4.78, 5) is 28.6. The van der Waals surface area contributed by atoms with Gasteiger partial charge in [0.15, 0.2) is 0 Å². The van der Waals surface area contributed by atoms with Gasteiger partial charge in [0, 0.05) is 17.3 Å². The molecule has 2 saturated carbocycles. The van der Waals surface area contributed by atoms with Gasteiger partial charge in [0.1, 0.15) is 18.7 Å². The number of amides is 2. The van der Waals surface area contributed by atoms with Gasteiger partial charge in [-0.15, -0.1) is 0 Å². The minimum absolute atomic E-state index is 0.133. The summed E-state index contributed by atoms with van der Waals surface area (Å²) in [7, 11) is 0. The minimum atomic E-state index is -0.449. The Morgan fingerprint density at radius 3 is 2.42 bits per heavy atom. The molecule has 4 atom stereocenters. The van der Waals surface area contributed by atoms with Crippen molar-refractivity contribution in [3.63, 3.8) is 0 Å². The maximum atomic E-state index is 12.5. The van der Waals surface area contributed by atoms with Crippen molar-refractivity contribution < 1.29 is 9.59 Å². The van der Waals surface area contributed by atoms with E-state index in [2.05, 4.69) is 20.7 Å². The van der Waals surface area contributed by atoms with E-state index < -0.39 is 6.04 Å². The van der Waals surface area contributed by atoms with Crippen molar-refractivity contribution in [2.45, 2.75) is 38.6 Å². The molecule has 0 radical (unpaired) electrons. The number of carbonyl (C=O) groups excluding carboxylic acids is 2. The number of rotatable bonds is 5. The number of hydrogen-bond acceptors (Lipinski definition) is 4. The van der Waals surface area contributed by atoms with Crippen LogP contribution in [0.15, 0.2) is 36.9 Å². The standard InChI is InChI=1S/C19H23N5O2/c1-12(24-11-20-10-21-24)18(25)22-15-4-6-16(7-5-15)23-19(26)17-9-13-2-3-14(17)8-13/h4-7,10-14,17H,2-3,8-9H2,1H3,(H,22,25)(H,23,26). The van der Waals surface area contributed by atoms with Gasteiger partial charge in [-0.2, -0.15) is 5.10 Å². The molecule has 136 valence electrons. The minimum Gasteiger partial charge on any atom is -0.326 e. The van der Waals surface area contributed by atoms with Crippen molar-refractivity contribution >= 4 is 23.2 Å². The van der Waals surface area contributed by atoms with E-state index in [-0.39, 0.29) is 17.7 Å². The first-order valence-corrected chi connectivity index (χ1v) is 9.16. The second kappa shape index (κ2) is 6.90. The number of aromatic nitrogens is 3. The molecular formula is C19H23N5O2. The highest BCUT2D eigenvalue weighted by atomic mass is 16.2. The lowest BCUT2D eigenvalue weighted by Gasteiger charge is -2.20. The van der Waals surface area contributed by atoms with Crippen LogP contribution in [0.4, 0.5) is 11.4 Å². The quantitative estimate of drug-likeness (QED) is 0.865. The fourth-order valence-corrected chi connectivity index (χ4v) is 4.22. The van der Waals surface area contributed by atoms with Crippen molar-refractivity contribution in [3.8, 4) is 0 Å². The van der Waals surface area contributed by atoms with Crippen molar-refractivity contribution in [2.75, 3.05) is 10.6 Å². The van der Waals surface area contributed by atoms with Gasteiger partial charge in [0.25, 0.3) is 0 Å². The molecule has 1 heterocycles. The summed E-state index contributed by atoms with van der Waals surface area (Å²) in [6, 6.07) is 6.78. The number of fused-ring (bicyclic) bond motifs is 2. The lowest BCUT2D eigenvalue weighted by atomic mass is 9.88. The molecule has 2 aromatic rings. The smallest absolute Gasteiger partial charge is 0.249 e. The maximum Gasteiger partial charge on any atom is 0.249 e. The van der Waals surface area contributed by atoms with Gasteiger partial charge in [-0.1, -0.05) is 6.42 Å². The molecular weight excluding hydrogens is 330 g/mol. The second-order valence-corrected chi connectivity index (χ2v) is 7.39. The topological polar surface area (TPSA) is 88.9 Å². The number of benzene rings is 1. The molecule has 7 nitrogen and oxygen atoms in total. The van der Waals surface area contributed by atoms with Crippen LogP contribution >= 0.6 is 0 Å². The number of hydrogen-bond donors (Lipinski definition) is 2. The van der Waals surface area contributed by atoms with Crippen molar-refractivity contribution in [1.82, 2.24) is 14.8 Å². The fraction of sp³-hybridized carbons (Fsp3) is 0.474. The SMILES string of the molecule is CC(C(=O)Nc1ccc(NC(=O)C2CC3CCC2C3)cc1)n1cncn1. The third-order valence-electron chi connectivity index (χ3n) is 5.71. The second-order valence-electron chi connectivity index (χ2n) is 7.39. The lowest BCUT2D eigenvalue weighted by Crippen LogP contribution is -2.27. The Hall–Kier alpha value is -2.70. The summed E-state index contributed by atoms with van der Waals surface area (Å²) in [6.07, 6.45) is 7.64. The third-order valence-corrected chi connectivity index (χ3v) is 5.71. The first-order valence-electron chi connectivity index (χ1n) is 9.16. The van der Waals surface area contributed by atoms with Gasteiger partial charge in [0.2, 0.25) is 11.8 Å². The van der Waals surface area contributed by atoms with Gasteiger partial charge in [-0.25, -0.2) is 9.67 Å². The summed E-state index contributed by atoms with van der Waals surface area (Å²) in [5.41, 5.74) is 1.44. The van der Waals surface area contributed by atoms with Gasteiger partial charge >= 0.3 is 0 Å². The monoisotopic (exact) mass is 353 g/mol. The third kappa shape index (κ3) is 3.34. The molecule has 2 amide bonds. The number of nitrogens with zero attached hydrogens (tertiary/aromatic N) is 3. The normalized spacial score (nSPS) is 25.0. The molecule has 2 N–H and O–H groups in total. The van der Waals surface area contributed by atoms with Gasteiger partial charge in [-0.05, 0) is 62.3 Å². The van der Waals surface area contributed by atoms with E-state index in [0.29, 0.717) is 11.6 Å². The zero-order chi connectivity index (χ0) is 18.1. The molecule has 26 heavy (non-hydrogen) atoms. The Morgan fingerprint density at radius 1 is 1.12 bits per heavy atom. The van der Waals surface area contributed by atoms with Crippen LogP contribution < -0.4 is 10.6 Å². The molecule has 2 bridgehead atoms. The molecule has 4 rings (SSSR count). The average Bonchev–Trinajstić information content (AvgIpc) is 3.40. The largest absolute Gasteiger partial charge is 0.326 e. The Kier molecular flexibility index (Phi) is 4.44. The van der Waals surface area contributed by atoms with Crippen molar-refractivity contribution in [3.05, 3.63) is 36.9 Å². The first kappa shape index (κ1) is 16.8. The molecule has 0 spiro atoms. The summed E-state index contributed by atoms with van der Waals surface area (Å²) < 4.78 is 1.50. The highest BCUT2D eigenvalue weighted by molar-refractivity contribution is 5.95. The maximum absolute atomic E-state index is 12.5. The zero-order valence-electron chi connectivity index (χ0n) is 14.8. The summed E-state index contributed by atoms with van der Waals surface area (Å²) in [5, 5.41) is 9.84. The Morgan fingerprint density at radius 2 is 1.85 bits per heavy atom. The molecule has 2 aliphatic rings. The van der Waals surface area contributed by atoms with E-state index >= 15 is 0 Å². The molecule has 7 heteroatoms. The predicted molar refractivity (Wildman–Crippen MR) is 97.4 cm³/mol. The summed E-state index contributed by atoms with van der Waals surface area (Å²) >= 11 is 0. The highest BCUT2D eigenvalue weighted by Crippen LogP contribution is 2.48. The molecule has 2 fully saturated rings. The fourth-order valence-electron chi connectivity index (χ4n) is 4.22. The van der Waals surface area contributed by atoms with Gasteiger partial charge in [0.05, 0.1) is 0 Å². The molecule has 2 aliphatic carbocycles. The summed E-state index contributed by atoms with van der Waals surface area (Å²) in [5.74, 6) is 1.44. The molecule has 1 aromatic heterocycles. The number of anilines is 2. The first-order chi connectivity index (χ1) is 12.6. The van der Waals surface area contributed by atoms with E-state index in [1.807, 2.05) is 12.1 Å². The van der Waals surface area contributed by atoms with Crippen LogP contribution in [0.3, 0.4) is 0 Å². The van der Waals surface area contributed by atoms with Gasteiger partial charge < -0.3 is 10.6 Å². The highest BCUT2D eigenvalue weighted by Gasteiger charge is 2.42. The van der Waals surface area contributed by atoms with Crippen LogP contribution in [-0.4, -0.2) is 26.6 Å². The van der Waals surface area contributed by atoms with Crippen LogP contribution in [0.25, 0.3) is 0 Å². The Bertz CT molecular complexity index is 787. The molecule has 1 aromatic carbocycles. The van der Waals surface area contributed by atoms with Crippen molar-refractivity contribution in [1.29, 1.82) is 0 Å². The molecule has 0 saturated heterocycles. The summed E-state index contributed by atoms with van der Waals surface area (Å²) in [6.45, 7) is 1.76. The van der Waals surface area contributed by atoms with Crippen LogP contribution in [0.5, 0.6) is 0 Å². The van der Waals surface area contributed by atoms with E-state index in [0.717, 1.165) is 18.0 Å². The van der Waals surface area contributed by atoms with Gasteiger partial charge in [-0.3, -0.25) is 9.59 Å². The lowest BCUT2D eigenvalue weighted by molar-refractivity contribution is -0.121. The van der Waals surface area contributed by atoms with Crippen LogP contribution in [0, 0.1) is 17.8 Å². The van der Waals surface area contributed by atoms with Crippen LogP contribution in [0.2, 0.25) is 0 Å². The number of nitrogens with one attached hydrogen (secondary N) is 2.